The van der Waals surface area contributed by atoms with E-state index in [0.717, 1.165) is 6.42 Å². The van der Waals surface area contributed by atoms with E-state index in [2.05, 4.69) is 0 Å². The molecular formula is C12H16ClNO3. The van der Waals surface area contributed by atoms with Crippen LogP contribution >= 0.6 is 11.6 Å². The molecule has 0 aromatic heterocycles. The number of nitrogens with two attached hydrogens (primary N) is 1. The van der Waals surface area contributed by atoms with Crippen LogP contribution < -0.4 is 15.2 Å². The fraction of sp³-hybridized carbons (Fsp3) is 0.500. The highest BCUT2D eigenvalue weighted by Gasteiger charge is 2.20. The zero-order valence-corrected chi connectivity index (χ0v) is 10.4. The molecule has 94 valence electrons. The van der Waals surface area contributed by atoms with E-state index in [1.807, 2.05) is 0 Å². The summed E-state index contributed by atoms with van der Waals surface area (Å²) in [7, 11) is 0. The monoisotopic (exact) mass is 257 g/mol. The molecular weight excluding hydrogens is 242 g/mol. The van der Waals surface area contributed by atoms with Gasteiger partial charge in [-0.1, -0.05) is 11.6 Å². The Morgan fingerprint density at radius 2 is 2.06 bits per heavy atom. The number of halogens is 1. The van der Waals surface area contributed by atoms with Gasteiger partial charge in [-0.2, -0.15) is 0 Å². The Labute approximate surface area is 105 Å². The van der Waals surface area contributed by atoms with Gasteiger partial charge < -0.3 is 20.3 Å². The normalized spacial score (nSPS) is 18.4. The molecule has 1 aliphatic heterocycles. The lowest BCUT2D eigenvalue weighted by atomic mass is 10.0. The van der Waals surface area contributed by atoms with Crippen molar-refractivity contribution in [3.63, 3.8) is 0 Å². The molecule has 1 aromatic rings. The van der Waals surface area contributed by atoms with Gasteiger partial charge in [0.2, 0.25) is 0 Å². The first kappa shape index (κ1) is 12.5. The lowest BCUT2D eigenvalue weighted by Crippen LogP contribution is -2.24. The van der Waals surface area contributed by atoms with Crippen LogP contribution in [0.1, 0.15) is 25.0 Å². The highest BCUT2D eigenvalue weighted by atomic mass is 35.5. The molecule has 0 saturated carbocycles. The highest BCUT2D eigenvalue weighted by molar-refractivity contribution is 6.32. The van der Waals surface area contributed by atoms with Gasteiger partial charge in [0.15, 0.2) is 11.5 Å². The Morgan fingerprint density at radius 3 is 2.76 bits per heavy atom. The number of aliphatic hydroxyl groups excluding tert-OH is 1. The quantitative estimate of drug-likeness (QED) is 0.849. The predicted molar refractivity (Wildman–Crippen MR) is 65.7 cm³/mol. The van der Waals surface area contributed by atoms with Crippen molar-refractivity contribution in [1.82, 2.24) is 0 Å². The second kappa shape index (κ2) is 5.12. The minimum atomic E-state index is -0.760. The zero-order chi connectivity index (χ0) is 12.4. The number of fused-ring (bicyclic) bond motifs is 1. The summed E-state index contributed by atoms with van der Waals surface area (Å²) in [4.78, 5) is 0. The summed E-state index contributed by atoms with van der Waals surface area (Å²) in [5.41, 5.74) is 6.31. The van der Waals surface area contributed by atoms with Gasteiger partial charge in [-0.3, -0.25) is 0 Å². The first-order chi connectivity index (χ1) is 8.09. The third-order valence-corrected chi connectivity index (χ3v) is 2.94. The van der Waals surface area contributed by atoms with Crippen LogP contribution in [0.5, 0.6) is 11.5 Å². The molecule has 0 aliphatic carbocycles. The van der Waals surface area contributed by atoms with Gasteiger partial charge >= 0.3 is 0 Å². The van der Waals surface area contributed by atoms with Crippen molar-refractivity contribution in [3.8, 4) is 11.5 Å². The van der Waals surface area contributed by atoms with Gasteiger partial charge in [-0.15, -0.1) is 0 Å². The van der Waals surface area contributed by atoms with Crippen molar-refractivity contribution in [3.05, 3.63) is 22.7 Å². The Morgan fingerprint density at radius 1 is 1.35 bits per heavy atom. The molecule has 1 aliphatic rings. The molecule has 0 amide bonds. The molecule has 3 N–H and O–H groups in total. The van der Waals surface area contributed by atoms with E-state index < -0.39 is 6.10 Å². The van der Waals surface area contributed by atoms with Crippen molar-refractivity contribution in [2.24, 2.45) is 5.73 Å². The summed E-state index contributed by atoms with van der Waals surface area (Å²) in [5, 5.41) is 10.4. The van der Waals surface area contributed by atoms with E-state index in [9.17, 15) is 5.11 Å². The summed E-state index contributed by atoms with van der Waals surface area (Å²) >= 11 is 6.11. The van der Waals surface area contributed by atoms with Crippen molar-refractivity contribution in [2.45, 2.75) is 25.5 Å². The SMILES string of the molecule is CC(N)C(O)c1cc(Cl)c2c(c1)OCCCO2. The minimum Gasteiger partial charge on any atom is -0.489 e. The molecule has 0 radical (unpaired) electrons. The third kappa shape index (κ3) is 2.65. The number of rotatable bonds is 2. The number of hydrogen-bond donors (Lipinski definition) is 2. The average Bonchev–Trinajstić information content (AvgIpc) is 2.53. The summed E-state index contributed by atoms with van der Waals surface area (Å²) in [5.74, 6) is 1.12. The Kier molecular flexibility index (Phi) is 3.76. The highest BCUT2D eigenvalue weighted by Crippen LogP contribution is 2.39. The fourth-order valence-electron chi connectivity index (χ4n) is 1.73. The molecule has 0 spiro atoms. The summed E-state index contributed by atoms with van der Waals surface area (Å²) < 4.78 is 11.0. The maximum absolute atomic E-state index is 9.91. The van der Waals surface area contributed by atoms with Gasteiger partial charge in [0.05, 0.1) is 24.3 Å². The standard InChI is InChI=1S/C12H16ClNO3/c1-7(14)11(15)8-5-9(13)12-10(6-8)16-3-2-4-17-12/h5-7,11,15H,2-4,14H2,1H3. The van der Waals surface area contributed by atoms with E-state index in [1.165, 1.54) is 0 Å². The molecule has 1 aromatic carbocycles. The van der Waals surface area contributed by atoms with Crippen LogP contribution in [0.3, 0.4) is 0 Å². The third-order valence-electron chi connectivity index (χ3n) is 2.66. The van der Waals surface area contributed by atoms with E-state index in [-0.39, 0.29) is 6.04 Å². The van der Waals surface area contributed by atoms with Crippen molar-refractivity contribution in [2.75, 3.05) is 13.2 Å². The lowest BCUT2D eigenvalue weighted by Gasteiger charge is -2.17. The molecule has 0 bridgehead atoms. The van der Waals surface area contributed by atoms with E-state index in [4.69, 9.17) is 26.8 Å². The fourth-order valence-corrected chi connectivity index (χ4v) is 2.00. The smallest absolute Gasteiger partial charge is 0.179 e. The summed E-state index contributed by atoms with van der Waals surface area (Å²) in [6.07, 6.45) is 0.0561. The van der Waals surface area contributed by atoms with Crippen molar-refractivity contribution >= 4 is 11.6 Å². The van der Waals surface area contributed by atoms with Crippen molar-refractivity contribution < 1.29 is 14.6 Å². The summed E-state index contributed by atoms with van der Waals surface area (Å²) in [6, 6.07) is 3.04. The molecule has 1 heterocycles. The minimum absolute atomic E-state index is 0.365. The van der Waals surface area contributed by atoms with E-state index in [1.54, 1.807) is 19.1 Å². The maximum Gasteiger partial charge on any atom is 0.179 e. The average molecular weight is 258 g/mol. The van der Waals surface area contributed by atoms with Gasteiger partial charge in [0.25, 0.3) is 0 Å². The maximum atomic E-state index is 9.91. The lowest BCUT2D eigenvalue weighted by molar-refractivity contribution is 0.153. The number of benzene rings is 1. The molecule has 0 saturated heterocycles. The van der Waals surface area contributed by atoms with Crippen LogP contribution in [0.15, 0.2) is 12.1 Å². The summed E-state index contributed by atoms with van der Waals surface area (Å²) in [6.45, 7) is 2.91. The molecule has 5 heteroatoms. The van der Waals surface area contributed by atoms with Crippen LogP contribution in [0.4, 0.5) is 0 Å². The second-order valence-electron chi connectivity index (χ2n) is 4.18. The zero-order valence-electron chi connectivity index (χ0n) is 9.65. The van der Waals surface area contributed by atoms with Crippen LogP contribution in [-0.4, -0.2) is 24.4 Å². The Hall–Kier alpha value is -0.970. The largest absolute Gasteiger partial charge is 0.489 e. The predicted octanol–water partition coefficient (Wildman–Crippen LogP) is 1.88. The molecule has 2 unspecified atom stereocenters. The first-order valence-corrected chi connectivity index (χ1v) is 6.00. The van der Waals surface area contributed by atoms with Crippen LogP contribution in [0.25, 0.3) is 0 Å². The van der Waals surface area contributed by atoms with Crippen LogP contribution in [-0.2, 0) is 0 Å². The van der Waals surface area contributed by atoms with E-state index in [0.29, 0.717) is 35.3 Å². The topological polar surface area (TPSA) is 64.7 Å². The Bertz CT molecular complexity index is 409. The Balaban J connectivity index is 2.38. The number of hydrogen-bond acceptors (Lipinski definition) is 4. The molecule has 0 fully saturated rings. The van der Waals surface area contributed by atoms with Crippen LogP contribution in [0, 0.1) is 0 Å². The second-order valence-corrected chi connectivity index (χ2v) is 4.59. The van der Waals surface area contributed by atoms with Crippen LogP contribution in [0.2, 0.25) is 5.02 Å². The molecule has 4 nitrogen and oxygen atoms in total. The van der Waals surface area contributed by atoms with Gasteiger partial charge in [-0.25, -0.2) is 0 Å². The number of ether oxygens (including phenoxy) is 2. The van der Waals surface area contributed by atoms with E-state index >= 15 is 0 Å². The molecule has 2 atom stereocenters. The van der Waals surface area contributed by atoms with Crippen molar-refractivity contribution in [1.29, 1.82) is 0 Å². The van der Waals surface area contributed by atoms with Gasteiger partial charge in [0.1, 0.15) is 0 Å². The number of aliphatic hydroxyl groups is 1. The first-order valence-electron chi connectivity index (χ1n) is 5.62. The molecule has 17 heavy (non-hydrogen) atoms. The van der Waals surface area contributed by atoms with Gasteiger partial charge in [-0.05, 0) is 24.6 Å². The molecule has 2 rings (SSSR count). The van der Waals surface area contributed by atoms with Gasteiger partial charge in [0, 0.05) is 12.5 Å².